The Bertz CT molecular complexity index is 235. The Kier molecular flexibility index (Phi) is 5.14. The minimum atomic E-state index is -0.891. The first-order valence-electron chi connectivity index (χ1n) is 5.30. The summed E-state index contributed by atoms with van der Waals surface area (Å²) in [5.74, 6) is -0.891. The highest BCUT2D eigenvalue weighted by molar-refractivity contribution is 5.85. The number of carboxylic acids is 1. The minimum absolute atomic E-state index is 0.283. The summed E-state index contributed by atoms with van der Waals surface area (Å²) in [5, 5.41) is 14.9. The van der Waals surface area contributed by atoms with E-state index in [1.54, 1.807) is 13.0 Å². The number of hydrogen-bond acceptors (Lipinski definition) is 4. The predicted molar refractivity (Wildman–Crippen MR) is 58.7 cm³/mol. The fourth-order valence-corrected chi connectivity index (χ4v) is 1.58. The monoisotopic (exact) mass is 213 g/mol. The van der Waals surface area contributed by atoms with Crippen LogP contribution in [0.5, 0.6) is 0 Å². The van der Waals surface area contributed by atoms with Crippen molar-refractivity contribution in [1.29, 1.82) is 0 Å². The molecule has 0 atom stereocenters. The number of carbonyl (C=O) groups is 1. The van der Waals surface area contributed by atoms with Crippen molar-refractivity contribution in [3.63, 3.8) is 0 Å². The summed E-state index contributed by atoms with van der Waals surface area (Å²) in [6.07, 6.45) is 1.58. The molecule has 1 aliphatic heterocycles. The van der Waals surface area contributed by atoms with Gasteiger partial charge in [0.25, 0.3) is 0 Å². The van der Waals surface area contributed by atoms with Gasteiger partial charge in [-0.2, -0.15) is 0 Å². The van der Waals surface area contributed by atoms with E-state index in [9.17, 15) is 4.79 Å². The van der Waals surface area contributed by atoms with Crippen molar-refractivity contribution in [1.82, 2.24) is 15.5 Å². The molecule has 0 saturated carbocycles. The van der Waals surface area contributed by atoms with Gasteiger partial charge in [0.2, 0.25) is 0 Å². The van der Waals surface area contributed by atoms with Gasteiger partial charge in [-0.1, -0.05) is 6.08 Å². The van der Waals surface area contributed by atoms with Crippen LogP contribution in [-0.2, 0) is 4.79 Å². The zero-order valence-corrected chi connectivity index (χ0v) is 9.12. The van der Waals surface area contributed by atoms with Gasteiger partial charge in [-0.25, -0.2) is 4.79 Å². The second-order valence-corrected chi connectivity index (χ2v) is 3.53. The molecule has 0 amide bonds. The Morgan fingerprint density at radius 3 is 2.73 bits per heavy atom. The number of nitrogens with zero attached hydrogens (tertiary/aromatic N) is 1. The van der Waals surface area contributed by atoms with E-state index in [0.717, 1.165) is 32.7 Å². The maximum absolute atomic E-state index is 10.7. The predicted octanol–water partition coefficient (Wildman–Crippen LogP) is -0.530. The molecule has 1 rings (SSSR count). The third-order valence-corrected chi connectivity index (χ3v) is 2.47. The number of carboxylic acid groups (broad SMARTS) is 1. The first-order valence-corrected chi connectivity index (χ1v) is 5.30. The average Bonchev–Trinajstić information content (AvgIpc) is 2.25. The number of hydrogen-bond donors (Lipinski definition) is 3. The Hall–Kier alpha value is -1.07. The molecule has 5 heteroatoms. The zero-order valence-electron chi connectivity index (χ0n) is 9.12. The second-order valence-electron chi connectivity index (χ2n) is 3.53. The molecule has 0 bridgehead atoms. The first-order chi connectivity index (χ1) is 7.24. The molecule has 1 aliphatic rings. The summed E-state index contributed by atoms with van der Waals surface area (Å²) in [7, 11) is 0. The molecule has 0 spiro atoms. The van der Waals surface area contributed by atoms with Crippen LogP contribution >= 0.6 is 0 Å². The highest BCUT2D eigenvalue weighted by Crippen LogP contribution is 1.92. The van der Waals surface area contributed by atoms with Crippen molar-refractivity contribution >= 4 is 5.97 Å². The number of allylic oxidation sites excluding steroid dienone is 1. The molecule has 0 aromatic heterocycles. The molecule has 86 valence electrons. The summed E-state index contributed by atoms with van der Waals surface area (Å²) in [6.45, 7) is 7.43. The maximum atomic E-state index is 10.7. The van der Waals surface area contributed by atoms with Crippen LogP contribution in [-0.4, -0.2) is 55.2 Å². The van der Waals surface area contributed by atoms with Crippen molar-refractivity contribution in [3.05, 3.63) is 11.8 Å². The van der Waals surface area contributed by atoms with Crippen LogP contribution in [0.15, 0.2) is 11.8 Å². The highest BCUT2D eigenvalue weighted by Gasteiger charge is 2.09. The van der Waals surface area contributed by atoms with Crippen molar-refractivity contribution in [2.45, 2.75) is 6.92 Å². The van der Waals surface area contributed by atoms with Crippen molar-refractivity contribution in [2.75, 3.05) is 39.3 Å². The van der Waals surface area contributed by atoms with E-state index in [1.807, 2.05) is 0 Å². The third-order valence-electron chi connectivity index (χ3n) is 2.47. The second kappa shape index (κ2) is 6.42. The molecule has 0 aliphatic carbocycles. The van der Waals surface area contributed by atoms with E-state index >= 15 is 0 Å². The molecule has 0 aromatic rings. The van der Waals surface area contributed by atoms with Gasteiger partial charge in [0, 0.05) is 39.3 Å². The smallest absolute Gasteiger partial charge is 0.351 e. The van der Waals surface area contributed by atoms with Crippen LogP contribution in [0, 0.1) is 0 Å². The summed E-state index contributed by atoms with van der Waals surface area (Å²) < 4.78 is 0. The van der Waals surface area contributed by atoms with Gasteiger partial charge in [-0.05, 0) is 6.92 Å². The van der Waals surface area contributed by atoms with Crippen molar-refractivity contribution in [2.24, 2.45) is 0 Å². The third kappa shape index (κ3) is 4.31. The van der Waals surface area contributed by atoms with Gasteiger partial charge in [0.1, 0.15) is 5.70 Å². The fraction of sp³-hybridized carbons (Fsp3) is 0.700. The van der Waals surface area contributed by atoms with E-state index in [0.29, 0.717) is 6.54 Å². The fourth-order valence-electron chi connectivity index (χ4n) is 1.58. The quantitative estimate of drug-likeness (QED) is 0.536. The molecule has 0 aromatic carbocycles. The van der Waals surface area contributed by atoms with Gasteiger partial charge < -0.3 is 15.7 Å². The number of piperazine rings is 1. The Morgan fingerprint density at radius 1 is 1.53 bits per heavy atom. The van der Waals surface area contributed by atoms with Gasteiger partial charge in [-0.15, -0.1) is 0 Å². The molecule has 15 heavy (non-hydrogen) atoms. The topological polar surface area (TPSA) is 64.6 Å². The Balaban J connectivity index is 2.17. The molecule has 1 heterocycles. The van der Waals surface area contributed by atoms with Crippen molar-refractivity contribution in [3.8, 4) is 0 Å². The van der Waals surface area contributed by atoms with Crippen LogP contribution in [0.1, 0.15) is 6.92 Å². The van der Waals surface area contributed by atoms with Gasteiger partial charge in [0.15, 0.2) is 0 Å². The number of rotatable bonds is 5. The molecule has 5 nitrogen and oxygen atoms in total. The standard InChI is InChI=1S/C10H19N3O2/c1-2-9(10(14)15)12-5-8-13-6-3-11-4-7-13/h2,11-12H,3-8H2,1H3,(H,14,15)/b9-2-. The van der Waals surface area contributed by atoms with E-state index in [-0.39, 0.29) is 5.70 Å². The van der Waals surface area contributed by atoms with Crippen LogP contribution in [0.3, 0.4) is 0 Å². The van der Waals surface area contributed by atoms with Gasteiger partial charge in [0.05, 0.1) is 0 Å². The summed E-state index contributed by atoms with van der Waals surface area (Å²) in [5.41, 5.74) is 0.283. The molecule has 0 radical (unpaired) electrons. The highest BCUT2D eigenvalue weighted by atomic mass is 16.4. The lowest BCUT2D eigenvalue weighted by molar-refractivity contribution is -0.133. The molecule has 3 N–H and O–H groups in total. The number of nitrogens with one attached hydrogen (secondary N) is 2. The van der Waals surface area contributed by atoms with Crippen LogP contribution in [0.25, 0.3) is 0 Å². The maximum Gasteiger partial charge on any atom is 0.351 e. The summed E-state index contributed by atoms with van der Waals surface area (Å²) >= 11 is 0. The van der Waals surface area contributed by atoms with Crippen LogP contribution in [0.4, 0.5) is 0 Å². The lowest BCUT2D eigenvalue weighted by Gasteiger charge is -2.27. The summed E-state index contributed by atoms with van der Waals surface area (Å²) in [4.78, 5) is 13.0. The van der Waals surface area contributed by atoms with E-state index in [4.69, 9.17) is 5.11 Å². The largest absolute Gasteiger partial charge is 0.477 e. The van der Waals surface area contributed by atoms with Crippen LogP contribution in [0.2, 0.25) is 0 Å². The number of aliphatic carboxylic acids is 1. The Labute approximate surface area is 90.1 Å². The molecule has 0 unspecified atom stereocenters. The average molecular weight is 213 g/mol. The van der Waals surface area contributed by atoms with E-state index < -0.39 is 5.97 Å². The first kappa shape index (κ1) is 12.0. The molecule has 1 fully saturated rings. The van der Waals surface area contributed by atoms with E-state index in [1.165, 1.54) is 0 Å². The normalized spacial score (nSPS) is 18.9. The van der Waals surface area contributed by atoms with E-state index in [2.05, 4.69) is 15.5 Å². The Morgan fingerprint density at radius 2 is 2.20 bits per heavy atom. The lowest BCUT2D eigenvalue weighted by Crippen LogP contribution is -2.45. The minimum Gasteiger partial charge on any atom is -0.477 e. The van der Waals surface area contributed by atoms with Gasteiger partial charge in [-0.3, -0.25) is 4.90 Å². The van der Waals surface area contributed by atoms with Gasteiger partial charge >= 0.3 is 5.97 Å². The lowest BCUT2D eigenvalue weighted by atomic mass is 10.3. The van der Waals surface area contributed by atoms with Crippen LogP contribution < -0.4 is 10.6 Å². The molecular weight excluding hydrogens is 194 g/mol. The zero-order chi connectivity index (χ0) is 11.1. The summed E-state index contributed by atoms with van der Waals surface area (Å²) in [6, 6.07) is 0. The SMILES string of the molecule is C/C=C(\NCCN1CCNCC1)C(=O)O. The van der Waals surface area contributed by atoms with Crippen molar-refractivity contribution < 1.29 is 9.90 Å². The molecule has 1 saturated heterocycles. The molecular formula is C10H19N3O2.